The normalized spacial score (nSPS) is 14.5. The maximum Gasteiger partial charge on any atom is 0.125 e. The molecule has 0 bridgehead atoms. The summed E-state index contributed by atoms with van der Waals surface area (Å²) in [5.41, 5.74) is 2.21. The first kappa shape index (κ1) is 16.0. The number of aliphatic hydroxyl groups excluding tert-OH is 1. The van der Waals surface area contributed by atoms with Crippen LogP contribution >= 0.6 is 0 Å². The van der Waals surface area contributed by atoms with Crippen LogP contribution in [0, 0.1) is 19.8 Å². The molecular weight excluding hydrogens is 238 g/mol. The van der Waals surface area contributed by atoms with Gasteiger partial charge in [0.15, 0.2) is 0 Å². The van der Waals surface area contributed by atoms with Crippen molar-refractivity contribution >= 4 is 0 Å². The molecule has 108 valence electrons. The lowest BCUT2D eigenvalue weighted by Gasteiger charge is -2.20. The van der Waals surface area contributed by atoms with E-state index in [4.69, 9.17) is 4.74 Å². The summed E-state index contributed by atoms with van der Waals surface area (Å²) in [7, 11) is 0. The van der Waals surface area contributed by atoms with Crippen molar-refractivity contribution in [2.24, 2.45) is 5.92 Å². The lowest BCUT2D eigenvalue weighted by Crippen LogP contribution is -2.39. The van der Waals surface area contributed by atoms with Crippen molar-refractivity contribution in [1.29, 1.82) is 0 Å². The van der Waals surface area contributed by atoms with Crippen LogP contribution in [0.15, 0.2) is 18.2 Å². The summed E-state index contributed by atoms with van der Waals surface area (Å²) in [6.07, 6.45) is -0.486. The van der Waals surface area contributed by atoms with E-state index in [9.17, 15) is 5.11 Å². The molecule has 0 aliphatic carbocycles. The molecule has 3 heteroatoms. The van der Waals surface area contributed by atoms with E-state index < -0.39 is 6.10 Å². The number of aliphatic hydroxyl groups is 1. The number of rotatable bonds is 7. The zero-order valence-electron chi connectivity index (χ0n) is 12.7. The predicted octanol–water partition coefficient (Wildman–Crippen LogP) is 2.68. The van der Waals surface area contributed by atoms with E-state index in [1.54, 1.807) is 0 Å². The van der Waals surface area contributed by atoms with Gasteiger partial charge in [-0.25, -0.2) is 0 Å². The van der Waals surface area contributed by atoms with Crippen LogP contribution in [0.4, 0.5) is 0 Å². The highest BCUT2D eigenvalue weighted by Crippen LogP contribution is 2.22. The van der Waals surface area contributed by atoms with Crippen molar-refractivity contribution in [3.63, 3.8) is 0 Å². The molecule has 19 heavy (non-hydrogen) atoms. The molecule has 0 saturated heterocycles. The van der Waals surface area contributed by atoms with Crippen LogP contribution in [0.1, 0.15) is 31.9 Å². The number of aryl methyl sites for hydroxylation is 2. The summed E-state index contributed by atoms with van der Waals surface area (Å²) in [4.78, 5) is 0. The molecule has 2 unspecified atom stereocenters. The third-order valence-corrected chi connectivity index (χ3v) is 3.50. The fourth-order valence-corrected chi connectivity index (χ4v) is 1.82. The van der Waals surface area contributed by atoms with Gasteiger partial charge < -0.3 is 15.2 Å². The van der Waals surface area contributed by atoms with E-state index in [0.29, 0.717) is 25.1 Å². The number of hydrogen-bond donors (Lipinski definition) is 2. The molecule has 0 heterocycles. The number of ether oxygens (including phenoxy) is 1. The van der Waals surface area contributed by atoms with Crippen molar-refractivity contribution in [3.05, 3.63) is 29.3 Å². The molecule has 3 nitrogen and oxygen atoms in total. The van der Waals surface area contributed by atoms with Gasteiger partial charge in [-0.15, -0.1) is 0 Å². The van der Waals surface area contributed by atoms with E-state index in [1.807, 2.05) is 32.0 Å². The second-order valence-electron chi connectivity index (χ2n) is 5.63. The second-order valence-corrected chi connectivity index (χ2v) is 5.63. The van der Waals surface area contributed by atoms with Gasteiger partial charge in [-0.3, -0.25) is 0 Å². The molecule has 0 radical (unpaired) electrons. The van der Waals surface area contributed by atoms with Crippen molar-refractivity contribution in [3.8, 4) is 5.75 Å². The number of benzene rings is 1. The first-order valence-electron chi connectivity index (χ1n) is 7.02. The molecule has 0 aromatic heterocycles. The van der Waals surface area contributed by atoms with Crippen LogP contribution in [0.2, 0.25) is 0 Å². The van der Waals surface area contributed by atoms with Crippen molar-refractivity contribution < 1.29 is 9.84 Å². The Labute approximate surface area is 117 Å². The third kappa shape index (κ3) is 5.21. The van der Waals surface area contributed by atoms with Crippen molar-refractivity contribution in [2.75, 3.05) is 13.2 Å². The standard InChI is InChI=1S/C16H27NO2/c1-11(2)14(5)17-9-15(18)10-19-16-12(3)7-6-8-13(16)4/h6-8,11,14-15,17-18H,9-10H2,1-5H3. The topological polar surface area (TPSA) is 41.5 Å². The summed E-state index contributed by atoms with van der Waals surface area (Å²) < 4.78 is 5.73. The highest BCUT2D eigenvalue weighted by Gasteiger charge is 2.11. The molecule has 1 rings (SSSR count). The second kappa shape index (κ2) is 7.51. The molecule has 0 fully saturated rings. The Bertz CT molecular complexity index is 370. The van der Waals surface area contributed by atoms with Gasteiger partial charge in [0, 0.05) is 12.6 Å². The number of hydrogen-bond acceptors (Lipinski definition) is 3. The fourth-order valence-electron chi connectivity index (χ4n) is 1.82. The SMILES string of the molecule is Cc1cccc(C)c1OCC(O)CNC(C)C(C)C. The van der Waals surface area contributed by atoms with Crippen molar-refractivity contribution in [1.82, 2.24) is 5.32 Å². The molecule has 0 aliphatic heterocycles. The zero-order valence-corrected chi connectivity index (χ0v) is 12.7. The Morgan fingerprint density at radius 2 is 1.74 bits per heavy atom. The third-order valence-electron chi connectivity index (χ3n) is 3.50. The van der Waals surface area contributed by atoms with Gasteiger partial charge >= 0.3 is 0 Å². The van der Waals surface area contributed by atoms with E-state index in [-0.39, 0.29) is 0 Å². The largest absolute Gasteiger partial charge is 0.490 e. The first-order valence-corrected chi connectivity index (χ1v) is 7.02. The molecule has 0 spiro atoms. The van der Waals surface area contributed by atoms with Crippen LogP contribution in [-0.4, -0.2) is 30.4 Å². The monoisotopic (exact) mass is 265 g/mol. The predicted molar refractivity (Wildman–Crippen MR) is 79.7 cm³/mol. The Morgan fingerprint density at radius 3 is 2.26 bits per heavy atom. The molecule has 0 aliphatic rings. The minimum atomic E-state index is -0.486. The summed E-state index contributed by atoms with van der Waals surface area (Å²) in [6, 6.07) is 6.45. The van der Waals surface area contributed by atoms with Gasteiger partial charge in [-0.2, -0.15) is 0 Å². The molecule has 2 atom stereocenters. The van der Waals surface area contributed by atoms with E-state index in [2.05, 4.69) is 26.1 Å². The Kier molecular flexibility index (Phi) is 6.32. The van der Waals surface area contributed by atoms with Gasteiger partial charge in [0.2, 0.25) is 0 Å². The first-order chi connectivity index (χ1) is 8.91. The molecule has 1 aromatic carbocycles. The molecule has 1 aromatic rings. The quantitative estimate of drug-likeness (QED) is 0.796. The fraction of sp³-hybridized carbons (Fsp3) is 0.625. The Balaban J connectivity index is 2.40. The maximum absolute atomic E-state index is 9.94. The van der Waals surface area contributed by atoms with Gasteiger partial charge in [0.05, 0.1) is 0 Å². The van der Waals surface area contributed by atoms with Crippen LogP contribution in [0.3, 0.4) is 0 Å². The minimum Gasteiger partial charge on any atom is -0.490 e. The summed E-state index contributed by atoms with van der Waals surface area (Å²) in [5.74, 6) is 1.45. The highest BCUT2D eigenvalue weighted by atomic mass is 16.5. The lowest BCUT2D eigenvalue weighted by molar-refractivity contribution is 0.102. The van der Waals surface area contributed by atoms with Crippen LogP contribution in [-0.2, 0) is 0 Å². The van der Waals surface area contributed by atoms with Crippen molar-refractivity contribution in [2.45, 2.75) is 46.8 Å². The minimum absolute atomic E-state index is 0.323. The number of nitrogens with one attached hydrogen (secondary N) is 1. The summed E-state index contributed by atoms with van der Waals surface area (Å²) in [5, 5.41) is 13.3. The van der Waals surface area contributed by atoms with Gasteiger partial charge in [0.1, 0.15) is 18.5 Å². The van der Waals surface area contributed by atoms with Crippen LogP contribution in [0.5, 0.6) is 5.75 Å². The zero-order chi connectivity index (χ0) is 14.4. The Morgan fingerprint density at radius 1 is 1.16 bits per heavy atom. The Hall–Kier alpha value is -1.06. The molecule has 0 amide bonds. The highest BCUT2D eigenvalue weighted by molar-refractivity contribution is 5.39. The molecule has 0 saturated carbocycles. The van der Waals surface area contributed by atoms with E-state index in [1.165, 1.54) is 0 Å². The smallest absolute Gasteiger partial charge is 0.125 e. The average molecular weight is 265 g/mol. The molecular formula is C16H27NO2. The van der Waals surface area contributed by atoms with Gasteiger partial charge in [-0.1, -0.05) is 32.0 Å². The average Bonchev–Trinajstić information content (AvgIpc) is 2.35. The number of para-hydroxylation sites is 1. The van der Waals surface area contributed by atoms with E-state index in [0.717, 1.165) is 16.9 Å². The van der Waals surface area contributed by atoms with Crippen LogP contribution in [0.25, 0.3) is 0 Å². The molecule has 2 N–H and O–H groups in total. The van der Waals surface area contributed by atoms with Gasteiger partial charge in [0.25, 0.3) is 0 Å². The summed E-state index contributed by atoms with van der Waals surface area (Å²) in [6.45, 7) is 11.4. The van der Waals surface area contributed by atoms with Crippen LogP contribution < -0.4 is 10.1 Å². The maximum atomic E-state index is 9.94. The van der Waals surface area contributed by atoms with Gasteiger partial charge in [-0.05, 0) is 37.8 Å². The summed E-state index contributed by atoms with van der Waals surface area (Å²) >= 11 is 0. The van der Waals surface area contributed by atoms with E-state index >= 15 is 0 Å². The lowest BCUT2D eigenvalue weighted by atomic mass is 10.1.